The largest absolute Gasteiger partial charge is 0.368 e. The Labute approximate surface area is 153 Å². The van der Waals surface area contributed by atoms with Crippen LogP contribution in [0.15, 0.2) is 36.5 Å². The molecule has 2 saturated heterocycles. The highest BCUT2D eigenvalue weighted by atomic mass is 16.2. The van der Waals surface area contributed by atoms with Crippen LogP contribution < -0.4 is 16.6 Å². The van der Waals surface area contributed by atoms with Gasteiger partial charge in [-0.2, -0.15) is 0 Å². The van der Waals surface area contributed by atoms with Crippen LogP contribution >= 0.6 is 0 Å². The van der Waals surface area contributed by atoms with E-state index in [1.807, 2.05) is 35.2 Å². The first-order chi connectivity index (χ1) is 12.7. The maximum atomic E-state index is 13.2. The molecule has 3 heterocycles. The van der Waals surface area contributed by atoms with Crippen LogP contribution in [0.25, 0.3) is 11.3 Å². The highest BCUT2D eigenvalue weighted by molar-refractivity contribution is 5.99. The van der Waals surface area contributed by atoms with Crippen molar-refractivity contribution in [3.8, 4) is 11.3 Å². The molecule has 7 nitrogen and oxygen atoms in total. The number of nitrogens with one attached hydrogen (secondary N) is 2. The van der Waals surface area contributed by atoms with Crippen LogP contribution in [0, 0.1) is 5.92 Å². The number of rotatable bonds is 3. The van der Waals surface area contributed by atoms with Crippen LogP contribution in [-0.2, 0) is 0 Å². The molecule has 2 atom stereocenters. The van der Waals surface area contributed by atoms with Crippen molar-refractivity contribution in [2.45, 2.75) is 25.3 Å². The van der Waals surface area contributed by atoms with Crippen LogP contribution in [0.5, 0.6) is 0 Å². The summed E-state index contributed by atoms with van der Waals surface area (Å²) in [6.07, 6.45) is 4.83. The summed E-state index contributed by atoms with van der Waals surface area (Å²) < 4.78 is 0. The van der Waals surface area contributed by atoms with Gasteiger partial charge in [0.05, 0.1) is 11.3 Å². The van der Waals surface area contributed by atoms with Gasteiger partial charge in [-0.3, -0.25) is 15.6 Å². The summed E-state index contributed by atoms with van der Waals surface area (Å²) in [4.78, 5) is 23.6. The van der Waals surface area contributed by atoms with Crippen LogP contribution in [-0.4, -0.2) is 46.5 Å². The molecule has 7 heteroatoms. The fourth-order valence-corrected chi connectivity index (χ4v) is 3.92. The Balaban J connectivity index is 1.60. The normalized spacial score (nSPS) is 23.2. The first-order valence-electron chi connectivity index (χ1n) is 9.18. The molecule has 2 aliphatic heterocycles. The third-order valence-corrected chi connectivity index (χ3v) is 5.27. The number of anilines is 1. The van der Waals surface area contributed by atoms with Gasteiger partial charge < -0.3 is 10.6 Å². The smallest absolute Gasteiger partial charge is 0.257 e. The molecule has 2 aromatic rings. The summed E-state index contributed by atoms with van der Waals surface area (Å²) in [5.41, 5.74) is 14.3. The molecule has 2 unspecified atom stereocenters. The van der Waals surface area contributed by atoms with Crippen molar-refractivity contribution in [1.29, 1.82) is 0 Å². The zero-order valence-electron chi connectivity index (χ0n) is 14.7. The zero-order valence-corrected chi connectivity index (χ0v) is 14.7. The molecular formula is C19H24N6O. The Morgan fingerprint density at radius 3 is 2.85 bits per heavy atom. The molecule has 0 radical (unpaired) electrons. The van der Waals surface area contributed by atoms with Gasteiger partial charge >= 0.3 is 0 Å². The first kappa shape index (κ1) is 16.9. The number of benzene rings is 1. The number of carbonyl (C=O) groups excluding carboxylic acids is 1. The Kier molecular flexibility index (Phi) is 4.81. The van der Waals surface area contributed by atoms with Crippen LogP contribution in [0.3, 0.4) is 0 Å². The van der Waals surface area contributed by atoms with Crippen molar-refractivity contribution in [3.05, 3.63) is 42.1 Å². The Bertz CT molecular complexity index is 775. The van der Waals surface area contributed by atoms with E-state index in [1.54, 1.807) is 6.20 Å². The number of amides is 1. The quantitative estimate of drug-likeness (QED) is 0.774. The summed E-state index contributed by atoms with van der Waals surface area (Å²) >= 11 is 0. The SMILES string of the molecule is Nc1ncc(C(=O)N2CCCC(C3CCNN3)C2)c(-c2ccccc2)n1. The Hall–Kier alpha value is -2.51. The molecular weight excluding hydrogens is 328 g/mol. The average molecular weight is 352 g/mol. The topological polar surface area (TPSA) is 96.2 Å². The van der Waals surface area contributed by atoms with Crippen LogP contribution in [0.1, 0.15) is 29.6 Å². The summed E-state index contributed by atoms with van der Waals surface area (Å²) in [6, 6.07) is 10.1. The predicted molar refractivity (Wildman–Crippen MR) is 100 cm³/mol. The number of hydrogen-bond donors (Lipinski definition) is 3. The van der Waals surface area contributed by atoms with Gasteiger partial charge in [-0.1, -0.05) is 30.3 Å². The van der Waals surface area contributed by atoms with Crippen LogP contribution in [0.4, 0.5) is 5.95 Å². The number of hydrazine groups is 1. The van der Waals surface area contributed by atoms with E-state index >= 15 is 0 Å². The maximum Gasteiger partial charge on any atom is 0.257 e. The molecule has 1 aromatic carbocycles. The summed E-state index contributed by atoms with van der Waals surface area (Å²) in [6.45, 7) is 2.52. The Morgan fingerprint density at radius 2 is 2.08 bits per heavy atom. The second-order valence-corrected chi connectivity index (χ2v) is 6.98. The molecule has 0 bridgehead atoms. The molecule has 136 valence electrons. The molecule has 0 aliphatic carbocycles. The second-order valence-electron chi connectivity index (χ2n) is 6.98. The van der Waals surface area contributed by atoms with E-state index in [1.165, 1.54) is 0 Å². The molecule has 1 amide bonds. The number of nitrogens with zero attached hydrogens (tertiary/aromatic N) is 3. The van der Waals surface area contributed by atoms with Gasteiger partial charge in [0, 0.05) is 37.4 Å². The standard InChI is InChI=1S/C19H24N6O/c20-19-21-11-15(17(23-19)13-5-2-1-3-6-13)18(26)25-10-4-7-14(12-25)16-8-9-22-24-16/h1-3,5-6,11,14,16,22,24H,4,7-10,12H2,(H2,20,21,23). The lowest BCUT2D eigenvalue weighted by Crippen LogP contribution is -2.47. The highest BCUT2D eigenvalue weighted by Gasteiger charge is 2.32. The van der Waals surface area contributed by atoms with Crippen LogP contribution in [0.2, 0.25) is 0 Å². The van der Waals surface area contributed by atoms with E-state index in [0.717, 1.165) is 44.5 Å². The molecule has 1 aromatic heterocycles. The Morgan fingerprint density at radius 1 is 1.23 bits per heavy atom. The van der Waals surface area contributed by atoms with Gasteiger partial charge in [0.15, 0.2) is 0 Å². The molecule has 26 heavy (non-hydrogen) atoms. The lowest BCUT2D eigenvalue weighted by molar-refractivity contribution is 0.0649. The minimum atomic E-state index is -0.0143. The third-order valence-electron chi connectivity index (χ3n) is 5.27. The van der Waals surface area contributed by atoms with Crippen molar-refractivity contribution in [3.63, 3.8) is 0 Å². The van der Waals surface area contributed by atoms with Gasteiger partial charge in [-0.05, 0) is 25.2 Å². The van der Waals surface area contributed by atoms with E-state index in [4.69, 9.17) is 5.73 Å². The number of nitrogen functional groups attached to an aromatic ring is 1. The first-order valence-corrected chi connectivity index (χ1v) is 9.18. The third kappa shape index (κ3) is 3.40. The molecule has 0 spiro atoms. The van der Waals surface area contributed by atoms with Crippen molar-refractivity contribution in [2.75, 3.05) is 25.4 Å². The lowest BCUT2D eigenvalue weighted by atomic mass is 9.89. The average Bonchev–Trinajstić information content (AvgIpc) is 3.23. The van der Waals surface area contributed by atoms with E-state index in [0.29, 0.717) is 23.2 Å². The molecule has 2 aliphatic rings. The number of aromatic nitrogens is 2. The lowest BCUT2D eigenvalue weighted by Gasteiger charge is -2.35. The number of likely N-dealkylation sites (tertiary alicyclic amines) is 1. The fourth-order valence-electron chi connectivity index (χ4n) is 3.92. The highest BCUT2D eigenvalue weighted by Crippen LogP contribution is 2.27. The van der Waals surface area contributed by atoms with Crippen molar-refractivity contribution >= 4 is 11.9 Å². The number of piperidine rings is 1. The van der Waals surface area contributed by atoms with Crippen molar-refractivity contribution < 1.29 is 4.79 Å². The number of carbonyl (C=O) groups is 1. The number of nitrogens with two attached hydrogens (primary N) is 1. The van der Waals surface area contributed by atoms with Crippen molar-refractivity contribution in [1.82, 2.24) is 25.7 Å². The van der Waals surface area contributed by atoms with Gasteiger partial charge in [0.25, 0.3) is 5.91 Å². The molecule has 4 rings (SSSR count). The van der Waals surface area contributed by atoms with E-state index < -0.39 is 0 Å². The predicted octanol–water partition coefficient (Wildman–Crippen LogP) is 1.44. The van der Waals surface area contributed by atoms with E-state index in [2.05, 4.69) is 20.8 Å². The van der Waals surface area contributed by atoms with Crippen molar-refractivity contribution in [2.24, 2.45) is 5.92 Å². The molecule has 0 saturated carbocycles. The zero-order chi connectivity index (χ0) is 17.9. The van der Waals surface area contributed by atoms with E-state index in [-0.39, 0.29) is 11.9 Å². The minimum Gasteiger partial charge on any atom is -0.368 e. The molecule has 4 N–H and O–H groups in total. The summed E-state index contributed by atoms with van der Waals surface area (Å²) in [7, 11) is 0. The summed E-state index contributed by atoms with van der Waals surface area (Å²) in [5.74, 6) is 0.634. The van der Waals surface area contributed by atoms with Gasteiger partial charge in [-0.25, -0.2) is 9.97 Å². The monoisotopic (exact) mass is 352 g/mol. The molecule has 2 fully saturated rings. The number of hydrogen-bond acceptors (Lipinski definition) is 6. The summed E-state index contributed by atoms with van der Waals surface area (Å²) in [5, 5.41) is 0. The minimum absolute atomic E-state index is 0.0143. The second kappa shape index (κ2) is 7.39. The maximum absolute atomic E-state index is 13.2. The van der Waals surface area contributed by atoms with E-state index in [9.17, 15) is 4.79 Å². The van der Waals surface area contributed by atoms with Gasteiger partial charge in [-0.15, -0.1) is 0 Å². The van der Waals surface area contributed by atoms with Gasteiger partial charge in [0.1, 0.15) is 0 Å². The van der Waals surface area contributed by atoms with Gasteiger partial charge in [0.2, 0.25) is 5.95 Å². The fraction of sp³-hybridized carbons (Fsp3) is 0.421.